The molecule has 1 rings (SSSR count). The summed E-state index contributed by atoms with van der Waals surface area (Å²) in [5.74, 6) is 0. The molecule has 0 aliphatic heterocycles. The number of aromatic nitrogens is 1. The number of hydrogen-bond donors (Lipinski definition) is 0. The summed E-state index contributed by atoms with van der Waals surface area (Å²) in [5.41, 5.74) is 0. The van der Waals surface area contributed by atoms with Gasteiger partial charge < -0.3 is 0 Å². The predicted octanol–water partition coefficient (Wildman–Crippen LogP) is 2.98. The quantitative estimate of drug-likeness (QED) is 0.558. The van der Waals surface area contributed by atoms with Crippen LogP contribution in [-0.2, 0) is 0 Å². The highest BCUT2D eigenvalue weighted by atomic mass is 33.1. The second-order valence-electron chi connectivity index (χ2n) is 2.47. The van der Waals surface area contributed by atoms with Crippen LogP contribution >= 0.6 is 21.6 Å². The Labute approximate surface area is 85.1 Å². The van der Waals surface area contributed by atoms with Gasteiger partial charge in [0.1, 0.15) is 5.03 Å². The Kier molecular flexibility index (Phi) is 4.85. The van der Waals surface area contributed by atoms with Gasteiger partial charge in [0, 0.05) is 11.4 Å². The predicted molar refractivity (Wildman–Crippen MR) is 57.8 cm³/mol. The van der Waals surface area contributed by atoms with E-state index in [1.54, 1.807) is 27.8 Å². The fourth-order valence-electron chi connectivity index (χ4n) is 0.663. The van der Waals surface area contributed by atoms with Crippen LogP contribution in [0.15, 0.2) is 34.6 Å². The molecule has 70 valence electrons. The average Bonchev–Trinajstić information content (AvgIpc) is 2.17. The Balaban J connectivity index is 2.30. The lowest BCUT2D eigenvalue weighted by atomic mass is 10.5. The molecule has 1 unspecified atom stereocenters. The minimum Gasteiger partial charge on any atom is -0.249 e. The molecular formula is C8H10N2OS2. The SMILES string of the molecule is CC(CN=O)SSc1ccccn1. The summed E-state index contributed by atoms with van der Waals surface area (Å²) in [7, 11) is 3.19. The van der Waals surface area contributed by atoms with Crippen LogP contribution in [0.5, 0.6) is 0 Å². The molecule has 0 bridgehead atoms. The van der Waals surface area contributed by atoms with Crippen molar-refractivity contribution in [3.8, 4) is 0 Å². The Bertz CT molecular complexity index is 256. The maximum absolute atomic E-state index is 9.94. The summed E-state index contributed by atoms with van der Waals surface area (Å²) >= 11 is 0. The smallest absolute Gasteiger partial charge is 0.106 e. The van der Waals surface area contributed by atoms with Gasteiger partial charge in [-0.1, -0.05) is 29.0 Å². The second-order valence-corrected chi connectivity index (χ2v) is 5.13. The van der Waals surface area contributed by atoms with Crippen molar-refractivity contribution in [3.05, 3.63) is 29.3 Å². The molecule has 0 saturated carbocycles. The minimum absolute atomic E-state index is 0.240. The first kappa shape index (κ1) is 10.5. The Morgan fingerprint density at radius 2 is 2.46 bits per heavy atom. The fraction of sp³-hybridized carbons (Fsp3) is 0.375. The van der Waals surface area contributed by atoms with Crippen molar-refractivity contribution >= 4 is 21.6 Å². The first-order valence-corrected chi connectivity index (χ1v) is 6.07. The van der Waals surface area contributed by atoms with Crippen molar-refractivity contribution in [2.75, 3.05) is 6.54 Å². The van der Waals surface area contributed by atoms with Crippen LogP contribution < -0.4 is 0 Å². The first-order valence-electron chi connectivity index (χ1n) is 3.86. The molecule has 5 heteroatoms. The van der Waals surface area contributed by atoms with Crippen molar-refractivity contribution < 1.29 is 0 Å². The van der Waals surface area contributed by atoms with Crippen LogP contribution in [0.2, 0.25) is 0 Å². The summed E-state index contributed by atoms with van der Waals surface area (Å²) < 4.78 is 0. The maximum atomic E-state index is 9.94. The summed E-state index contributed by atoms with van der Waals surface area (Å²) in [6, 6.07) is 5.77. The lowest BCUT2D eigenvalue weighted by Gasteiger charge is -2.03. The van der Waals surface area contributed by atoms with Crippen LogP contribution in [0.4, 0.5) is 0 Å². The van der Waals surface area contributed by atoms with Crippen molar-refractivity contribution in [3.63, 3.8) is 0 Å². The number of rotatable bonds is 5. The largest absolute Gasteiger partial charge is 0.249 e. The molecule has 0 aromatic carbocycles. The molecule has 1 aromatic heterocycles. The van der Waals surface area contributed by atoms with E-state index in [2.05, 4.69) is 10.2 Å². The van der Waals surface area contributed by atoms with Gasteiger partial charge >= 0.3 is 0 Å². The molecule has 0 saturated heterocycles. The summed E-state index contributed by atoms with van der Waals surface area (Å²) in [6.45, 7) is 2.33. The van der Waals surface area contributed by atoms with Gasteiger partial charge in [0.2, 0.25) is 0 Å². The highest BCUT2D eigenvalue weighted by Gasteiger charge is 2.03. The van der Waals surface area contributed by atoms with Crippen molar-refractivity contribution in [1.29, 1.82) is 0 Å². The van der Waals surface area contributed by atoms with Gasteiger partial charge in [-0.2, -0.15) is 4.91 Å². The molecule has 0 amide bonds. The monoisotopic (exact) mass is 214 g/mol. The Hall–Kier alpha value is -0.550. The van der Waals surface area contributed by atoms with Crippen LogP contribution in [-0.4, -0.2) is 16.8 Å². The maximum Gasteiger partial charge on any atom is 0.106 e. The molecule has 0 radical (unpaired) electrons. The van der Waals surface area contributed by atoms with Gasteiger partial charge in [0.15, 0.2) is 0 Å². The third-order valence-corrected chi connectivity index (χ3v) is 4.04. The molecule has 1 aromatic rings. The zero-order valence-electron chi connectivity index (χ0n) is 7.21. The topological polar surface area (TPSA) is 42.3 Å². The van der Waals surface area contributed by atoms with Crippen LogP contribution in [0, 0.1) is 4.91 Å². The van der Waals surface area contributed by atoms with E-state index in [0.717, 1.165) is 5.03 Å². The van der Waals surface area contributed by atoms with Crippen LogP contribution in [0.1, 0.15) is 6.92 Å². The lowest BCUT2D eigenvalue weighted by Crippen LogP contribution is -1.97. The molecule has 0 fully saturated rings. The molecule has 1 atom stereocenters. The highest BCUT2D eigenvalue weighted by Crippen LogP contribution is 2.32. The molecule has 0 aliphatic rings. The minimum atomic E-state index is 0.240. The second kappa shape index (κ2) is 5.99. The third-order valence-electron chi connectivity index (χ3n) is 1.27. The van der Waals surface area contributed by atoms with Crippen molar-refractivity contribution in [2.45, 2.75) is 17.2 Å². The number of pyridine rings is 1. The first-order chi connectivity index (χ1) is 6.33. The van der Waals surface area contributed by atoms with Gasteiger partial charge in [-0.05, 0) is 22.9 Å². The van der Waals surface area contributed by atoms with Gasteiger partial charge in [-0.25, -0.2) is 4.98 Å². The van der Waals surface area contributed by atoms with Gasteiger partial charge in [-0.3, -0.25) is 0 Å². The van der Waals surface area contributed by atoms with E-state index < -0.39 is 0 Å². The van der Waals surface area contributed by atoms with Crippen molar-refractivity contribution in [2.24, 2.45) is 5.18 Å². The average molecular weight is 214 g/mol. The molecule has 0 spiro atoms. The molecule has 1 heterocycles. The standard InChI is InChI=1S/C8H10N2OS2/c1-7(6-10-11)12-13-8-4-2-3-5-9-8/h2-5,7H,6H2,1H3. The molecule has 3 nitrogen and oxygen atoms in total. The van der Waals surface area contributed by atoms with E-state index in [1.807, 2.05) is 25.1 Å². The number of hydrogen-bond acceptors (Lipinski definition) is 5. The van der Waals surface area contributed by atoms with Gasteiger partial charge in [0.05, 0.1) is 6.54 Å². The highest BCUT2D eigenvalue weighted by molar-refractivity contribution is 8.76. The normalized spacial score (nSPS) is 12.4. The Morgan fingerprint density at radius 1 is 1.62 bits per heavy atom. The van der Waals surface area contributed by atoms with E-state index in [4.69, 9.17) is 0 Å². The third kappa shape index (κ3) is 4.28. The zero-order valence-corrected chi connectivity index (χ0v) is 8.85. The van der Waals surface area contributed by atoms with Crippen LogP contribution in [0.3, 0.4) is 0 Å². The lowest BCUT2D eigenvalue weighted by molar-refractivity contribution is 0.950. The number of nitroso groups, excluding NO2 is 1. The van der Waals surface area contributed by atoms with E-state index in [0.29, 0.717) is 6.54 Å². The molecule has 0 aliphatic carbocycles. The number of nitrogens with zero attached hydrogens (tertiary/aromatic N) is 2. The van der Waals surface area contributed by atoms with E-state index in [-0.39, 0.29) is 5.25 Å². The van der Waals surface area contributed by atoms with E-state index >= 15 is 0 Å². The summed E-state index contributed by atoms with van der Waals surface area (Å²) in [4.78, 5) is 14.1. The van der Waals surface area contributed by atoms with E-state index in [9.17, 15) is 4.91 Å². The van der Waals surface area contributed by atoms with Crippen molar-refractivity contribution in [1.82, 2.24) is 4.98 Å². The molecule has 0 N–H and O–H groups in total. The fourth-order valence-corrected chi connectivity index (χ4v) is 2.55. The van der Waals surface area contributed by atoms with Gasteiger partial charge in [0.25, 0.3) is 0 Å². The molecule has 13 heavy (non-hydrogen) atoms. The van der Waals surface area contributed by atoms with Crippen LogP contribution in [0.25, 0.3) is 0 Å². The van der Waals surface area contributed by atoms with E-state index in [1.165, 1.54) is 0 Å². The summed E-state index contributed by atoms with van der Waals surface area (Å²) in [6.07, 6.45) is 1.76. The van der Waals surface area contributed by atoms with Gasteiger partial charge in [-0.15, -0.1) is 0 Å². The summed E-state index contributed by atoms with van der Waals surface area (Å²) in [5, 5.41) is 4.05. The zero-order chi connectivity index (χ0) is 9.52. The molecular weight excluding hydrogens is 204 g/mol. The Morgan fingerprint density at radius 3 is 3.08 bits per heavy atom.